The summed E-state index contributed by atoms with van der Waals surface area (Å²) in [6.45, 7) is 3.07. The van der Waals surface area contributed by atoms with Gasteiger partial charge in [-0.15, -0.1) is 5.10 Å². The van der Waals surface area contributed by atoms with Gasteiger partial charge in [0.1, 0.15) is 29.9 Å². The quantitative estimate of drug-likeness (QED) is 0.281. The first-order chi connectivity index (χ1) is 18.5. The van der Waals surface area contributed by atoms with Gasteiger partial charge in [0, 0.05) is 6.20 Å². The number of aliphatic carboxylic acids is 1. The fourth-order valence-electron chi connectivity index (χ4n) is 2.75. The van der Waals surface area contributed by atoms with Crippen LogP contribution >= 0.6 is 0 Å². The minimum atomic E-state index is -5.08. The summed E-state index contributed by atoms with van der Waals surface area (Å²) < 4.78 is 76.3. The molecule has 12 nitrogen and oxygen atoms in total. The highest BCUT2D eigenvalue weighted by atomic mass is 19.4. The number of hydrogen-bond donors (Lipinski definition) is 3. The van der Waals surface area contributed by atoms with E-state index in [2.05, 4.69) is 35.7 Å². The van der Waals surface area contributed by atoms with Crippen LogP contribution in [0.5, 0.6) is 0 Å². The molecule has 3 heterocycles. The van der Waals surface area contributed by atoms with Crippen LogP contribution in [0.25, 0.3) is 11.4 Å². The Labute approximate surface area is 221 Å². The van der Waals surface area contributed by atoms with Crippen molar-refractivity contribution in [2.45, 2.75) is 32.2 Å². The number of carboxylic acid groups (broad SMARTS) is 1. The Hall–Kier alpha value is -4.77. The number of carboxylic acids is 1. The standard InChI is InChI=1S/C20H20F3N7O3.C2HF3O2/c1-11-6-14(15-10-30(29-28-15)12(2)19(32)25-9-18(31)33-3)26-17(7-11)27-16-8-13(4-5-24-16)20(21,22)23;3-2(4,5)1(6)7/h4-8,10,12H,9H2,1-3H3,(H,25,32)(H,24,26,27);(H,6,7)/t12-;/m0./s1. The van der Waals surface area contributed by atoms with E-state index in [0.29, 0.717) is 11.4 Å². The molecule has 0 fully saturated rings. The van der Waals surface area contributed by atoms with Crippen molar-refractivity contribution in [2.24, 2.45) is 0 Å². The summed E-state index contributed by atoms with van der Waals surface area (Å²) in [6, 6.07) is 4.34. The van der Waals surface area contributed by atoms with Crippen molar-refractivity contribution in [1.82, 2.24) is 30.3 Å². The molecule has 0 unspecified atom stereocenters. The first-order valence-corrected chi connectivity index (χ1v) is 10.9. The third-order valence-electron chi connectivity index (χ3n) is 4.74. The van der Waals surface area contributed by atoms with Crippen molar-refractivity contribution in [1.29, 1.82) is 0 Å². The largest absolute Gasteiger partial charge is 0.490 e. The second-order valence-corrected chi connectivity index (χ2v) is 7.82. The highest BCUT2D eigenvalue weighted by Crippen LogP contribution is 2.30. The van der Waals surface area contributed by atoms with Crippen LogP contribution in [0.1, 0.15) is 24.1 Å². The Balaban J connectivity index is 0.000000708. The molecule has 40 heavy (non-hydrogen) atoms. The number of nitrogens with zero attached hydrogens (tertiary/aromatic N) is 5. The summed E-state index contributed by atoms with van der Waals surface area (Å²) in [5.74, 6) is -3.57. The van der Waals surface area contributed by atoms with Crippen molar-refractivity contribution in [2.75, 3.05) is 19.0 Å². The summed E-state index contributed by atoms with van der Waals surface area (Å²) in [7, 11) is 1.21. The van der Waals surface area contributed by atoms with E-state index in [1.807, 2.05) is 0 Å². The first kappa shape index (κ1) is 31.4. The monoisotopic (exact) mass is 577 g/mol. The van der Waals surface area contributed by atoms with Crippen LogP contribution in [0.15, 0.2) is 36.7 Å². The van der Waals surface area contributed by atoms with Gasteiger partial charge in [-0.25, -0.2) is 19.4 Å². The lowest BCUT2D eigenvalue weighted by atomic mass is 10.2. The zero-order valence-corrected chi connectivity index (χ0v) is 20.8. The number of esters is 1. The van der Waals surface area contributed by atoms with Crippen molar-refractivity contribution >= 4 is 29.5 Å². The zero-order chi connectivity index (χ0) is 30.3. The molecule has 0 bridgehead atoms. The second kappa shape index (κ2) is 12.9. The third-order valence-corrected chi connectivity index (χ3v) is 4.74. The predicted molar refractivity (Wildman–Crippen MR) is 124 cm³/mol. The Kier molecular flexibility index (Phi) is 10.1. The normalized spacial score (nSPS) is 12.0. The molecule has 3 N–H and O–H groups in total. The van der Waals surface area contributed by atoms with Gasteiger partial charge in [-0.3, -0.25) is 9.59 Å². The Morgan fingerprint density at radius 1 is 1.07 bits per heavy atom. The van der Waals surface area contributed by atoms with Gasteiger partial charge < -0.3 is 20.5 Å². The molecular weight excluding hydrogens is 556 g/mol. The molecule has 3 rings (SSSR count). The number of anilines is 2. The van der Waals surface area contributed by atoms with Gasteiger partial charge >= 0.3 is 24.3 Å². The van der Waals surface area contributed by atoms with Crippen LogP contribution in [0.4, 0.5) is 38.0 Å². The first-order valence-electron chi connectivity index (χ1n) is 10.9. The average Bonchev–Trinajstić information content (AvgIpc) is 3.36. The van der Waals surface area contributed by atoms with Crippen LogP contribution in [0.2, 0.25) is 0 Å². The molecule has 0 saturated heterocycles. The van der Waals surface area contributed by atoms with Crippen LogP contribution in [-0.2, 0) is 25.3 Å². The molecule has 1 atom stereocenters. The molecule has 0 saturated carbocycles. The van der Waals surface area contributed by atoms with Gasteiger partial charge in [-0.05, 0) is 43.7 Å². The molecule has 3 aromatic heterocycles. The van der Waals surface area contributed by atoms with E-state index in [9.17, 15) is 35.9 Å². The van der Waals surface area contributed by atoms with Gasteiger partial charge in [0.15, 0.2) is 0 Å². The van der Waals surface area contributed by atoms with Crippen LogP contribution in [0, 0.1) is 6.92 Å². The number of pyridine rings is 2. The number of ether oxygens (including phenoxy) is 1. The second-order valence-electron chi connectivity index (χ2n) is 7.82. The third kappa shape index (κ3) is 9.21. The summed E-state index contributed by atoms with van der Waals surface area (Å²) in [5, 5.41) is 20.3. The molecular formula is C22H21F6N7O5. The summed E-state index contributed by atoms with van der Waals surface area (Å²) in [4.78, 5) is 40.5. The van der Waals surface area contributed by atoms with Gasteiger partial charge in [-0.2, -0.15) is 26.3 Å². The van der Waals surface area contributed by atoms with Crippen molar-refractivity contribution < 1.29 is 50.6 Å². The molecule has 1 amide bonds. The lowest BCUT2D eigenvalue weighted by Crippen LogP contribution is -2.35. The van der Waals surface area contributed by atoms with Gasteiger partial charge in [0.2, 0.25) is 5.91 Å². The number of carbonyl (C=O) groups is 3. The molecule has 0 aromatic carbocycles. The van der Waals surface area contributed by atoms with Crippen molar-refractivity contribution in [3.8, 4) is 11.4 Å². The maximum atomic E-state index is 12.9. The molecule has 0 radical (unpaired) electrons. The molecule has 0 aliphatic carbocycles. The number of halogens is 6. The number of methoxy groups -OCH3 is 1. The lowest BCUT2D eigenvalue weighted by molar-refractivity contribution is -0.192. The van der Waals surface area contributed by atoms with E-state index in [-0.39, 0.29) is 18.2 Å². The Bertz CT molecular complexity index is 1360. The highest BCUT2D eigenvalue weighted by molar-refractivity contribution is 5.84. The van der Waals surface area contributed by atoms with E-state index in [0.717, 1.165) is 23.9 Å². The predicted octanol–water partition coefficient (Wildman–Crippen LogP) is 3.29. The number of aryl methyl sites for hydroxylation is 1. The van der Waals surface area contributed by atoms with Crippen LogP contribution in [-0.4, -0.2) is 67.7 Å². The minimum Gasteiger partial charge on any atom is -0.475 e. The molecule has 216 valence electrons. The Morgan fingerprint density at radius 3 is 2.30 bits per heavy atom. The molecule has 3 aromatic rings. The fourth-order valence-corrected chi connectivity index (χ4v) is 2.75. The molecule has 0 aliphatic rings. The van der Waals surface area contributed by atoms with E-state index in [1.165, 1.54) is 18.0 Å². The number of alkyl halides is 6. The average molecular weight is 577 g/mol. The smallest absolute Gasteiger partial charge is 0.475 e. The minimum absolute atomic E-state index is 0.0200. The van der Waals surface area contributed by atoms with E-state index < -0.39 is 41.8 Å². The van der Waals surface area contributed by atoms with Crippen LogP contribution < -0.4 is 10.6 Å². The number of carbonyl (C=O) groups excluding carboxylic acids is 2. The fraction of sp³-hybridized carbons (Fsp3) is 0.318. The maximum absolute atomic E-state index is 12.9. The number of amides is 1. The van der Waals surface area contributed by atoms with E-state index >= 15 is 0 Å². The van der Waals surface area contributed by atoms with E-state index in [1.54, 1.807) is 26.0 Å². The summed E-state index contributed by atoms with van der Waals surface area (Å²) in [5.41, 5.74) is 0.646. The van der Waals surface area contributed by atoms with E-state index in [4.69, 9.17) is 9.90 Å². The topological polar surface area (TPSA) is 161 Å². The molecule has 0 spiro atoms. The van der Waals surface area contributed by atoms with Gasteiger partial charge in [0.25, 0.3) is 0 Å². The van der Waals surface area contributed by atoms with Gasteiger partial charge in [-0.1, -0.05) is 5.21 Å². The number of aromatic nitrogens is 5. The van der Waals surface area contributed by atoms with Gasteiger partial charge in [0.05, 0.1) is 24.6 Å². The maximum Gasteiger partial charge on any atom is 0.490 e. The van der Waals surface area contributed by atoms with Crippen molar-refractivity contribution in [3.63, 3.8) is 0 Å². The summed E-state index contributed by atoms with van der Waals surface area (Å²) >= 11 is 0. The molecule has 0 aliphatic heterocycles. The summed E-state index contributed by atoms with van der Waals surface area (Å²) in [6.07, 6.45) is -7.03. The molecule has 18 heteroatoms. The number of rotatable bonds is 7. The zero-order valence-electron chi connectivity index (χ0n) is 20.8. The number of hydrogen-bond acceptors (Lipinski definition) is 9. The van der Waals surface area contributed by atoms with Crippen molar-refractivity contribution in [3.05, 3.63) is 47.8 Å². The lowest BCUT2D eigenvalue weighted by Gasteiger charge is -2.11. The SMILES string of the molecule is COC(=O)CNC(=O)[C@H](C)n1cc(-c2cc(C)cc(Nc3cc(C(F)(F)F)ccn3)n2)nn1.O=C(O)C(F)(F)F. The highest BCUT2D eigenvalue weighted by Gasteiger charge is 2.38. The Morgan fingerprint density at radius 2 is 1.73 bits per heavy atom. The van der Waals surface area contributed by atoms with Crippen LogP contribution in [0.3, 0.4) is 0 Å². The number of nitrogens with one attached hydrogen (secondary N) is 2.